The van der Waals surface area contributed by atoms with Gasteiger partial charge in [-0.15, -0.1) is 0 Å². The van der Waals surface area contributed by atoms with Crippen LogP contribution < -0.4 is 0 Å². The van der Waals surface area contributed by atoms with Gasteiger partial charge < -0.3 is 14.3 Å². The Hall–Kier alpha value is -1.33. The van der Waals surface area contributed by atoms with Gasteiger partial charge >= 0.3 is 5.97 Å². The first kappa shape index (κ1) is 15.1. The van der Waals surface area contributed by atoms with Crippen molar-refractivity contribution in [3.05, 3.63) is 23.2 Å². The molecule has 1 atom stereocenters. The molecule has 1 aliphatic rings. The summed E-state index contributed by atoms with van der Waals surface area (Å²) in [6.45, 7) is 3.76. The lowest BCUT2D eigenvalue weighted by atomic mass is 9.99. The second-order valence-electron chi connectivity index (χ2n) is 5.35. The highest BCUT2D eigenvalue weighted by molar-refractivity contribution is 5.87. The molecule has 1 aromatic heterocycles. The van der Waals surface area contributed by atoms with Crippen molar-refractivity contribution in [2.75, 3.05) is 20.3 Å². The van der Waals surface area contributed by atoms with Crippen molar-refractivity contribution in [2.45, 2.75) is 45.2 Å². The van der Waals surface area contributed by atoms with Crippen molar-refractivity contribution in [1.82, 2.24) is 4.90 Å². The molecule has 5 heteroatoms. The Balaban J connectivity index is 2.06. The van der Waals surface area contributed by atoms with Gasteiger partial charge in [0, 0.05) is 18.2 Å². The van der Waals surface area contributed by atoms with E-state index >= 15 is 0 Å². The second kappa shape index (κ2) is 6.90. The number of aryl methyl sites for hydroxylation is 1. The van der Waals surface area contributed by atoms with E-state index in [9.17, 15) is 4.79 Å². The number of methoxy groups -OCH3 is 1. The highest BCUT2D eigenvalue weighted by Crippen LogP contribution is 2.24. The molecule has 0 amide bonds. The molecule has 1 saturated heterocycles. The first-order valence-electron chi connectivity index (χ1n) is 7.18. The van der Waals surface area contributed by atoms with E-state index in [1.165, 1.54) is 20.0 Å². The summed E-state index contributed by atoms with van der Waals surface area (Å²) in [5, 5.41) is 9.14. The molecule has 1 aliphatic heterocycles. The van der Waals surface area contributed by atoms with E-state index < -0.39 is 5.97 Å². The third-order valence-corrected chi connectivity index (χ3v) is 3.91. The smallest absolute Gasteiger partial charge is 0.374 e. The van der Waals surface area contributed by atoms with Crippen LogP contribution in [0.2, 0.25) is 0 Å². The van der Waals surface area contributed by atoms with Gasteiger partial charge in [-0.1, -0.05) is 6.42 Å². The Kier molecular flexibility index (Phi) is 5.20. The summed E-state index contributed by atoms with van der Waals surface area (Å²) in [6, 6.07) is 2.30. The molecular formula is C15H23NO4. The molecule has 0 bridgehead atoms. The lowest BCUT2D eigenvalue weighted by molar-refractivity contribution is 0.0556. The van der Waals surface area contributed by atoms with Gasteiger partial charge in [-0.05, 0) is 38.8 Å². The Bertz CT molecular complexity index is 453. The predicted molar refractivity (Wildman–Crippen MR) is 74.5 cm³/mol. The first-order valence-corrected chi connectivity index (χ1v) is 7.18. The number of esters is 1. The average Bonchev–Trinajstić information content (AvgIpc) is 2.81. The van der Waals surface area contributed by atoms with Crippen LogP contribution in [0.1, 0.15) is 47.6 Å². The summed E-state index contributed by atoms with van der Waals surface area (Å²) in [4.78, 5) is 13.9. The molecule has 20 heavy (non-hydrogen) atoms. The number of rotatable bonds is 5. The van der Waals surface area contributed by atoms with Crippen molar-refractivity contribution in [2.24, 2.45) is 0 Å². The summed E-state index contributed by atoms with van der Waals surface area (Å²) < 4.78 is 10.3. The number of likely N-dealkylation sites (tertiary alicyclic amines) is 1. The van der Waals surface area contributed by atoms with E-state index in [1.54, 1.807) is 0 Å². The molecule has 0 saturated carbocycles. The van der Waals surface area contributed by atoms with Gasteiger partial charge in [0.25, 0.3) is 0 Å². The standard InChI is InChI=1S/C15H23NO4/c1-11-9-13(20-14(11)15(18)19-2)10-16-7-4-3-5-12(16)6-8-17/h9,12,17H,3-8,10H2,1-2H3. The number of carbonyl (C=O) groups is 1. The van der Waals surface area contributed by atoms with Gasteiger partial charge in [-0.2, -0.15) is 0 Å². The average molecular weight is 281 g/mol. The van der Waals surface area contributed by atoms with Crippen LogP contribution in [0.4, 0.5) is 0 Å². The number of piperidine rings is 1. The van der Waals surface area contributed by atoms with E-state index in [1.807, 2.05) is 13.0 Å². The Morgan fingerprint density at radius 2 is 2.35 bits per heavy atom. The topological polar surface area (TPSA) is 62.9 Å². The molecule has 0 aliphatic carbocycles. The minimum atomic E-state index is -0.431. The third-order valence-electron chi connectivity index (χ3n) is 3.91. The van der Waals surface area contributed by atoms with E-state index in [0.717, 1.165) is 30.7 Å². The van der Waals surface area contributed by atoms with Crippen LogP contribution in [-0.4, -0.2) is 42.3 Å². The Morgan fingerprint density at radius 3 is 3.05 bits per heavy atom. The molecule has 1 N–H and O–H groups in total. The number of nitrogens with zero attached hydrogens (tertiary/aromatic N) is 1. The summed E-state index contributed by atoms with van der Waals surface area (Å²) in [5.74, 6) is 0.644. The van der Waals surface area contributed by atoms with Crippen LogP contribution in [0.25, 0.3) is 0 Å². The zero-order valence-electron chi connectivity index (χ0n) is 12.2. The SMILES string of the molecule is COC(=O)c1oc(CN2CCCCC2CCO)cc1C. The van der Waals surface area contributed by atoms with Gasteiger partial charge in [0.15, 0.2) is 0 Å². The number of aliphatic hydroxyl groups excluding tert-OH is 1. The molecule has 1 fully saturated rings. The zero-order valence-corrected chi connectivity index (χ0v) is 12.2. The van der Waals surface area contributed by atoms with E-state index in [4.69, 9.17) is 14.3 Å². The Morgan fingerprint density at radius 1 is 1.55 bits per heavy atom. The number of ether oxygens (including phenoxy) is 1. The van der Waals surface area contributed by atoms with Crippen molar-refractivity contribution in [3.8, 4) is 0 Å². The van der Waals surface area contributed by atoms with Gasteiger partial charge in [0.05, 0.1) is 13.7 Å². The van der Waals surface area contributed by atoms with Crippen LogP contribution in [0.15, 0.2) is 10.5 Å². The van der Waals surface area contributed by atoms with Gasteiger partial charge in [-0.25, -0.2) is 4.79 Å². The van der Waals surface area contributed by atoms with Crippen molar-refractivity contribution in [1.29, 1.82) is 0 Å². The maximum absolute atomic E-state index is 11.5. The van der Waals surface area contributed by atoms with Crippen LogP contribution >= 0.6 is 0 Å². The van der Waals surface area contributed by atoms with Crippen molar-refractivity contribution < 1.29 is 19.1 Å². The quantitative estimate of drug-likeness (QED) is 0.838. The predicted octanol–water partition coefficient (Wildman–Crippen LogP) is 2.11. The molecule has 1 aromatic rings. The van der Waals surface area contributed by atoms with Gasteiger partial charge in [0.1, 0.15) is 5.76 Å². The molecule has 0 aromatic carbocycles. The Labute approximate surface area is 119 Å². The molecule has 112 valence electrons. The normalized spacial score (nSPS) is 20.1. The highest BCUT2D eigenvalue weighted by Gasteiger charge is 2.24. The zero-order chi connectivity index (χ0) is 14.5. The van der Waals surface area contributed by atoms with E-state index in [-0.39, 0.29) is 6.61 Å². The lowest BCUT2D eigenvalue weighted by Gasteiger charge is -2.34. The summed E-state index contributed by atoms with van der Waals surface area (Å²) in [7, 11) is 1.35. The van der Waals surface area contributed by atoms with Crippen molar-refractivity contribution >= 4 is 5.97 Å². The number of carbonyl (C=O) groups excluding carboxylic acids is 1. The van der Waals surface area contributed by atoms with E-state index in [2.05, 4.69) is 4.90 Å². The molecule has 0 spiro atoms. The fourth-order valence-electron chi connectivity index (χ4n) is 2.87. The van der Waals surface area contributed by atoms with Gasteiger partial charge in [-0.3, -0.25) is 4.90 Å². The fourth-order valence-corrected chi connectivity index (χ4v) is 2.87. The van der Waals surface area contributed by atoms with Gasteiger partial charge in [0.2, 0.25) is 5.76 Å². The molecule has 1 unspecified atom stereocenters. The largest absolute Gasteiger partial charge is 0.463 e. The number of furan rings is 1. The monoisotopic (exact) mass is 281 g/mol. The molecular weight excluding hydrogens is 258 g/mol. The molecule has 0 radical (unpaired) electrons. The maximum Gasteiger partial charge on any atom is 0.374 e. The number of aliphatic hydroxyl groups is 1. The minimum absolute atomic E-state index is 0.214. The third kappa shape index (κ3) is 3.41. The highest BCUT2D eigenvalue weighted by atomic mass is 16.5. The van der Waals surface area contributed by atoms with Crippen LogP contribution in [0.5, 0.6) is 0 Å². The first-order chi connectivity index (χ1) is 9.65. The van der Waals surface area contributed by atoms with Crippen LogP contribution in [0, 0.1) is 6.92 Å². The molecule has 2 heterocycles. The fraction of sp³-hybridized carbons (Fsp3) is 0.667. The van der Waals surface area contributed by atoms with Crippen LogP contribution in [0.3, 0.4) is 0 Å². The van der Waals surface area contributed by atoms with Crippen molar-refractivity contribution in [3.63, 3.8) is 0 Å². The molecule has 2 rings (SSSR count). The molecule has 5 nitrogen and oxygen atoms in total. The summed E-state index contributed by atoms with van der Waals surface area (Å²) in [5.41, 5.74) is 0.808. The maximum atomic E-state index is 11.5. The number of hydrogen-bond donors (Lipinski definition) is 1. The van der Waals surface area contributed by atoms with E-state index in [0.29, 0.717) is 18.3 Å². The number of hydrogen-bond acceptors (Lipinski definition) is 5. The summed E-state index contributed by atoms with van der Waals surface area (Å²) in [6.07, 6.45) is 4.30. The minimum Gasteiger partial charge on any atom is -0.463 e. The second-order valence-corrected chi connectivity index (χ2v) is 5.35. The lowest BCUT2D eigenvalue weighted by Crippen LogP contribution is -2.39. The summed E-state index contributed by atoms with van der Waals surface area (Å²) >= 11 is 0. The van der Waals surface area contributed by atoms with Crippen LogP contribution in [-0.2, 0) is 11.3 Å².